The van der Waals surface area contributed by atoms with E-state index < -0.39 is 41.7 Å². The van der Waals surface area contributed by atoms with Crippen LogP contribution in [0.4, 0.5) is 25.8 Å². The molecule has 2 aromatic carbocycles. The van der Waals surface area contributed by atoms with E-state index in [0.717, 1.165) is 19.3 Å². The number of carbonyl (C=O) groups is 5. The van der Waals surface area contributed by atoms with Gasteiger partial charge in [0.15, 0.2) is 5.60 Å². The standard InChI is InChI=1S/C29H32ClN5O8/c30-18-7-10-22-21(15-18)29(43-28(41)34-22)12-2-14-35(16-29)25(37)23(11-13-31-27(40)42-20-3-1-4-20)33-24(36)17-5-8-19(9-6-17)32-26(38)39/h5-10,15,20,23,32H,1-4,11-14,16H2,(H,31,40)(H,33,36)(H,34,41)(H,38,39)/t23-,29-/m0/s1. The van der Waals surface area contributed by atoms with Gasteiger partial charge in [-0.3, -0.25) is 20.2 Å². The molecule has 2 atom stereocenters. The Bertz CT molecular complexity index is 1420. The Labute approximate surface area is 252 Å². The van der Waals surface area contributed by atoms with Gasteiger partial charge in [-0.25, -0.2) is 14.4 Å². The summed E-state index contributed by atoms with van der Waals surface area (Å²) in [5.41, 5.74) is 0.574. The number of fused-ring (bicyclic) bond motifs is 2. The highest BCUT2D eigenvalue weighted by molar-refractivity contribution is 6.30. The number of nitrogens with zero attached hydrogens (tertiary/aromatic N) is 1. The van der Waals surface area contributed by atoms with Crippen LogP contribution in [0.15, 0.2) is 42.5 Å². The molecule has 2 heterocycles. The average molecular weight is 614 g/mol. The van der Waals surface area contributed by atoms with Crippen molar-refractivity contribution < 1.29 is 38.6 Å². The van der Waals surface area contributed by atoms with Gasteiger partial charge >= 0.3 is 18.3 Å². The lowest BCUT2D eigenvalue weighted by molar-refractivity contribution is -0.141. The lowest BCUT2D eigenvalue weighted by Gasteiger charge is -2.45. The minimum atomic E-state index is -1.24. The van der Waals surface area contributed by atoms with E-state index in [4.69, 9.17) is 26.2 Å². The summed E-state index contributed by atoms with van der Waals surface area (Å²) in [5, 5.41) is 19.6. The van der Waals surface area contributed by atoms with Crippen LogP contribution in [0.1, 0.15) is 54.4 Å². The van der Waals surface area contributed by atoms with Crippen LogP contribution < -0.4 is 21.3 Å². The fourth-order valence-electron chi connectivity index (χ4n) is 5.43. The third-order valence-corrected chi connectivity index (χ3v) is 8.03. The second-order valence-electron chi connectivity index (χ2n) is 10.8. The fraction of sp³-hybridized carbons (Fsp3) is 0.414. The maximum absolute atomic E-state index is 13.9. The van der Waals surface area contributed by atoms with Gasteiger partial charge in [0.05, 0.1) is 12.2 Å². The third kappa shape index (κ3) is 7.11. The van der Waals surface area contributed by atoms with E-state index in [2.05, 4.69) is 21.3 Å². The number of likely N-dealkylation sites (tertiary alicyclic amines) is 1. The van der Waals surface area contributed by atoms with Crippen molar-refractivity contribution in [2.45, 2.75) is 56.3 Å². The van der Waals surface area contributed by atoms with Gasteiger partial charge in [-0.1, -0.05) is 11.6 Å². The predicted molar refractivity (Wildman–Crippen MR) is 155 cm³/mol. The van der Waals surface area contributed by atoms with Gasteiger partial charge in [-0.15, -0.1) is 0 Å². The zero-order valence-corrected chi connectivity index (χ0v) is 23.9. The van der Waals surface area contributed by atoms with E-state index in [9.17, 15) is 24.0 Å². The molecule has 0 radical (unpaired) electrons. The van der Waals surface area contributed by atoms with E-state index in [1.54, 1.807) is 23.1 Å². The van der Waals surface area contributed by atoms with Crippen molar-refractivity contribution >= 4 is 53.1 Å². The van der Waals surface area contributed by atoms with Crippen molar-refractivity contribution in [3.8, 4) is 0 Å². The molecule has 228 valence electrons. The Morgan fingerprint density at radius 3 is 2.60 bits per heavy atom. The zero-order valence-electron chi connectivity index (χ0n) is 23.2. The highest BCUT2D eigenvalue weighted by Gasteiger charge is 2.47. The second kappa shape index (κ2) is 12.8. The van der Waals surface area contributed by atoms with Crippen molar-refractivity contribution in [2.75, 3.05) is 30.3 Å². The summed E-state index contributed by atoms with van der Waals surface area (Å²) in [5.74, 6) is -0.974. The third-order valence-electron chi connectivity index (χ3n) is 7.79. The topological polar surface area (TPSA) is 175 Å². The maximum atomic E-state index is 13.9. The molecule has 14 heteroatoms. The van der Waals surface area contributed by atoms with Crippen LogP contribution in [0, 0.1) is 0 Å². The molecule has 1 saturated heterocycles. The van der Waals surface area contributed by atoms with Crippen LogP contribution in [0.3, 0.4) is 0 Å². The molecule has 2 fully saturated rings. The van der Waals surface area contributed by atoms with Crippen molar-refractivity contribution in [3.63, 3.8) is 0 Å². The number of halogens is 1. The summed E-state index contributed by atoms with van der Waals surface area (Å²) in [4.78, 5) is 64.2. The molecule has 1 saturated carbocycles. The molecule has 0 aromatic heterocycles. The van der Waals surface area contributed by atoms with Gasteiger partial charge in [0.1, 0.15) is 12.1 Å². The highest BCUT2D eigenvalue weighted by Crippen LogP contribution is 2.43. The number of amides is 5. The number of hydrogen-bond donors (Lipinski definition) is 5. The molecule has 3 aliphatic rings. The smallest absolute Gasteiger partial charge is 0.412 e. The van der Waals surface area contributed by atoms with Gasteiger partial charge in [-0.2, -0.15) is 0 Å². The number of anilines is 2. The van der Waals surface area contributed by atoms with Crippen molar-refractivity contribution in [2.24, 2.45) is 0 Å². The normalized spacial score (nSPS) is 20.0. The monoisotopic (exact) mass is 613 g/mol. The molecule has 13 nitrogen and oxygen atoms in total. The first-order valence-electron chi connectivity index (χ1n) is 14.1. The van der Waals surface area contributed by atoms with Crippen LogP contribution in [0.25, 0.3) is 0 Å². The van der Waals surface area contributed by atoms with Gasteiger partial charge < -0.3 is 30.1 Å². The number of hydrogen-bond acceptors (Lipinski definition) is 7. The molecule has 2 aliphatic heterocycles. The van der Waals surface area contributed by atoms with E-state index in [1.807, 2.05) is 0 Å². The van der Waals surface area contributed by atoms with E-state index in [-0.39, 0.29) is 36.9 Å². The van der Waals surface area contributed by atoms with Crippen LogP contribution in [0.5, 0.6) is 0 Å². The van der Waals surface area contributed by atoms with Crippen LogP contribution in [0.2, 0.25) is 5.02 Å². The summed E-state index contributed by atoms with van der Waals surface area (Å²) in [7, 11) is 0. The first kappa shape index (κ1) is 30.0. The Morgan fingerprint density at radius 2 is 1.91 bits per heavy atom. The zero-order chi connectivity index (χ0) is 30.6. The van der Waals surface area contributed by atoms with Crippen LogP contribution in [-0.4, -0.2) is 71.9 Å². The highest BCUT2D eigenvalue weighted by atomic mass is 35.5. The largest absolute Gasteiger partial charge is 0.465 e. The summed E-state index contributed by atoms with van der Waals surface area (Å²) >= 11 is 6.27. The Balaban J connectivity index is 1.32. The summed E-state index contributed by atoms with van der Waals surface area (Å²) in [6.07, 6.45) is 1.13. The average Bonchev–Trinajstić information content (AvgIpc) is 2.94. The number of benzene rings is 2. The van der Waals surface area contributed by atoms with Crippen molar-refractivity contribution in [1.29, 1.82) is 0 Å². The van der Waals surface area contributed by atoms with E-state index in [0.29, 0.717) is 35.7 Å². The minimum absolute atomic E-state index is 0.0473. The maximum Gasteiger partial charge on any atom is 0.412 e. The molecule has 5 N–H and O–H groups in total. The van der Waals surface area contributed by atoms with Crippen LogP contribution >= 0.6 is 11.6 Å². The first-order chi connectivity index (χ1) is 20.6. The first-order valence-corrected chi connectivity index (χ1v) is 14.4. The molecule has 1 aliphatic carbocycles. The predicted octanol–water partition coefficient (Wildman–Crippen LogP) is 4.28. The SMILES string of the molecule is O=C(O)Nc1ccc(C(=O)N[C@@H](CCNC(=O)OC2CCC2)C(=O)N2CCC[C@@]3(C2)OC(=O)Nc2ccc(Cl)cc23)cc1. The Kier molecular flexibility index (Phi) is 8.90. The molecule has 2 aromatic rings. The van der Waals surface area contributed by atoms with Gasteiger partial charge in [-0.05, 0) is 81.0 Å². The van der Waals surface area contributed by atoms with Gasteiger partial charge in [0.2, 0.25) is 5.91 Å². The van der Waals surface area contributed by atoms with Crippen molar-refractivity contribution in [3.05, 3.63) is 58.6 Å². The number of nitrogens with one attached hydrogen (secondary N) is 4. The fourth-order valence-corrected chi connectivity index (χ4v) is 5.60. The lowest BCUT2D eigenvalue weighted by Crippen LogP contribution is -2.57. The second-order valence-corrected chi connectivity index (χ2v) is 11.2. The number of rotatable bonds is 8. The molecule has 5 rings (SSSR count). The quantitative estimate of drug-likeness (QED) is 0.293. The lowest BCUT2D eigenvalue weighted by atomic mass is 9.83. The molecule has 0 bridgehead atoms. The number of piperidine rings is 1. The van der Waals surface area contributed by atoms with Crippen molar-refractivity contribution in [1.82, 2.24) is 15.5 Å². The molecule has 43 heavy (non-hydrogen) atoms. The van der Waals surface area contributed by atoms with Gasteiger partial charge in [0, 0.05) is 34.9 Å². The van der Waals surface area contributed by atoms with Gasteiger partial charge in [0.25, 0.3) is 5.91 Å². The summed E-state index contributed by atoms with van der Waals surface area (Å²) in [6.45, 7) is 0.465. The van der Waals surface area contributed by atoms with Crippen LogP contribution in [-0.2, 0) is 19.9 Å². The molecular formula is C29H32ClN5O8. The number of alkyl carbamates (subject to hydrolysis) is 1. The number of carboxylic acid groups (broad SMARTS) is 1. The minimum Gasteiger partial charge on any atom is -0.465 e. The molecule has 0 unspecified atom stereocenters. The summed E-state index contributed by atoms with van der Waals surface area (Å²) in [6, 6.07) is 9.74. The number of ether oxygens (including phenoxy) is 2. The Hall–Kier alpha value is -4.52. The Morgan fingerprint density at radius 1 is 1.14 bits per heavy atom. The molecule has 1 spiro atoms. The number of carbonyl (C=O) groups excluding carboxylic acids is 4. The van der Waals surface area contributed by atoms with E-state index >= 15 is 0 Å². The molecule has 5 amide bonds. The van der Waals surface area contributed by atoms with E-state index in [1.165, 1.54) is 24.3 Å². The molecular weight excluding hydrogens is 582 g/mol. The summed E-state index contributed by atoms with van der Waals surface area (Å²) < 4.78 is 11.1.